The molecule has 2 nitrogen and oxygen atoms in total. The van der Waals surface area contributed by atoms with Crippen molar-refractivity contribution >= 4 is 0 Å². The van der Waals surface area contributed by atoms with Crippen LogP contribution in [0.25, 0.3) is 0 Å². The average Bonchev–Trinajstić information content (AvgIpc) is 3.20. The van der Waals surface area contributed by atoms with Gasteiger partial charge in [-0.2, -0.15) is 0 Å². The normalized spacial score (nSPS) is 18.4. The highest BCUT2D eigenvalue weighted by Crippen LogP contribution is 2.40. The summed E-state index contributed by atoms with van der Waals surface area (Å²) in [7, 11) is 0. The highest BCUT2D eigenvalue weighted by molar-refractivity contribution is 5.30. The lowest BCUT2D eigenvalue weighted by Gasteiger charge is -2.19. The van der Waals surface area contributed by atoms with Crippen LogP contribution in [0.5, 0.6) is 0 Å². The molecule has 1 aromatic rings. The van der Waals surface area contributed by atoms with E-state index in [0.29, 0.717) is 6.54 Å². The van der Waals surface area contributed by atoms with Gasteiger partial charge < -0.3 is 5.73 Å². The van der Waals surface area contributed by atoms with Crippen molar-refractivity contribution in [2.75, 3.05) is 6.54 Å². The van der Waals surface area contributed by atoms with Crippen molar-refractivity contribution in [2.45, 2.75) is 37.8 Å². The van der Waals surface area contributed by atoms with E-state index in [1.54, 1.807) is 0 Å². The Morgan fingerprint density at radius 2 is 2.06 bits per heavy atom. The Labute approximate surface area is 104 Å². The van der Waals surface area contributed by atoms with Crippen LogP contribution in [0.4, 0.5) is 0 Å². The van der Waals surface area contributed by atoms with Gasteiger partial charge in [0, 0.05) is 12.6 Å². The van der Waals surface area contributed by atoms with Crippen LogP contribution in [0.1, 0.15) is 42.9 Å². The molecule has 0 radical (unpaired) electrons. The Hall–Kier alpha value is -1.30. The van der Waals surface area contributed by atoms with Gasteiger partial charge >= 0.3 is 0 Å². The molecule has 1 fully saturated rings. The van der Waals surface area contributed by atoms with Crippen LogP contribution in [-0.4, -0.2) is 12.6 Å². The molecule has 17 heavy (non-hydrogen) atoms. The fourth-order valence-electron chi connectivity index (χ4n) is 2.07. The number of nitrogens with two attached hydrogens (primary N) is 1. The summed E-state index contributed by atoms with van der Waals surface area (Å²) in [6, 6.07) is 8.97. The topological polar surface area (TPSA) is 38.0 Å². The minimum Gasteiger partial charge on any atom is -0.329 e. The molecule has 0 saturated heterocycles. The summed E-state index contributed by atoms with van der Waals surface area (Å²) in [6.07, 6.45) is 8.05. The summed E-state index contributed by atoms with van der Waals surface area (Å²) in [4.78, 5) is 0. The second-order valence-electron chi connectivity index (χ2n) is 4.78. The Morgan fingerprint density at radius 3 is 2.53 bits per heavy atom. The second kappa shape index (κ2) is 5.35. The number of terminal acetylenes is 1. The molecule has 0 heterocycles. The standard InChI is InChI=1S/C15H20N2/c1-3-11(2)17-15(10-16)14-8-6-13(7-9-14)12-4-5-12/h1,6-9,11-12,15,17H,4-5,10,16H2,2H3. The average molecular weight is 228 g/mol. The van der Waals surface area contributed by atoms with Crippen molar-refractivity contribution in [3.05, 3.63) is 35.4 Å². The molecule has 2 atom stereocenters. The van der Waals surface area contributed by atoms with Crippen molar-refractivity contribution in [1.29, 1.82) is 0 Å². The van der Waals surface area contributed by atoms with Gasteiger partial charge in [0.15, 0.2) is 0 Å². The Balaban J connectivity index is 2.05. The minimum absolute atomic E-state index is 0.0478. The van der Waals surface area contributed by atoms with E-state index >= 15 is 0 Å². The van der Waals surface area contributed by atoms with Crippen LogP contribution >= 0.6 is 0 Å². The molecule has 0 aromatic heterocycles. The first-order valence-corrected chi connectivity index (χ1v) is 6.26. The fourth-order valence-corrected chi connectivity index (χ4v) is 2.07. The van der Waals surface area contributed by atoms with Gasteiger partial charge in [0.25, 0.3) is 0 Å². The van der Waals surface area contributed by atoms with E-state index < -0.39 is 0 Å². The van der Waals surface area contributed by atoms with Crippen LogP contribution in [0.3, 0.4) is 0 Å². The molecular formula is C15H20N2. The first kappa shape index (κ1) is 12.2. The molecule has 2 unspecified atom stereocenters. The summed E-state index contributed by atoms with van der Waals surface area (Å²) < 4.78 is 0. The first-order chi connectivity index (χ1) is 8.24. The van der Waals surface area contributed by atoms with Gasteiger partial charge in [-0.05, 0) is 36.8 Å². The van der Waals surface area contributed by atoms with Gasteiger partial charge in [0.05, 0.1) is 6.04 Å². The molecule has 0 bridgehead atoms. The summed E-state index contributed by atoms with van der Waals surface area (Å²) in [5.41, 5.74) is 8.46. The smallest absolute Gasteiger partial charge is 0.0663 e. The molecule has 0 amide bonds. The zero-order valence-electron chi connectivity index (χ0n) is 10.3. The minimum atomic E-state index is 0.0478. The van der Waals surface area contributed by atoms with Gasteiger partial charge in [0.2, 0.25) is 0 Å². The summed E-state index contributed by atoms with van der Waals surface area (Å²) >= 11 is 0. The molecule has 1 aliphatic carbocycles. The third kappa shape index (κ3) is 3.09. The predicted molar refractivity (Wildman–Crippen MR) is 71.6 cm³/mol. The number of hydrogen-bond donors (Lipinski definition) is 2. The molecular weight excluding hydrogens is 208 g/mol. The molecule has 1 aromatic carbocycles. The number of rotatable bonds is 5. The van der Waals surface area contributed by atoms with Crippen molar-refractivity contribution in [1.82, 2.24) is 5.32 Å². The lowest BCUT2D eigenvalue weighted by atomic mass is 10.0. The van der Waals surface area contributed by atoms with Crippen molar-refractivity contribution in [3.63, 3.8) is 0 Å². The highest BCUT2D eigenvalue weighted by Gasteiger charge is 2.23. The van der Waals surface area contributed by atoms with Crippen molar-refractivity contribution < 1.29 is 0 Å². The van der Waals surface area contributed by atoms with Gasteiger partial charge in [0.1, 0.15) is 0 Å². The molecule has 0 aliphatic heterocycles. The van der Waals surface area contributed by atoms with Crippen LogP contribution < -0.4 is 11.1 Å². The molecule has 1 aliphatic rings. The van der Waals surface area contributed by atoms with Crippen molar-refractivity contribution in [3.8, 4) is 12.3 Å². The van der Waals surface area contributed by atoms with E-state index in [2.05, 4.69) is 35.5 Å². The number of nitrogens with one attached hydrogen (secondary N) is 1. The second-order valence-corrected chi connectivity index (χ2v) is 4.78. The fraction of sp³-hybridized carbons (Fsp3) is 0.467. The molecule has 90 valence electrons. The third-order valence-electron chi connectivity index (χ3n) is 3.32. The van der Waals surface area contributed by atoms with E-state index in [-0.39, 0.29) is 12.1 Å². The molecule has 0 spiro atoms. The van der Waals surface area contributed by atoms with Crippen molar-refractivity contribution in [2.24, 2.45) is 5.73 Å². The highest BCUT2D eigenvalue weighted by atomic mass is 15.0. The van der Waals surface area contributed by atoms with E-state index in [9.17, 15) is 0 Å². The van der Waals surface area contributed by atoms with Crippen LogP contribution in [-0.2, 0) is 0 Å². The molecule has 2 rings (SSSR count). The van der Waals surface area contributed by atoms with Crippen LogP contribution in [0, 0.1) is 12.3 Å². The first-order valence-electron chi connectivity index (χ1n) is 6.26. The van der Waals surface area contributed by atoms with E-state index in [0.717, 1.165) is 5.92 Å². The SMILES string of the molecule is C#CC(C)NC(CN)c1ccc(C2CC2)cc1. The maximum atomic E-state index is 5.79. The Kier molecular flexibility index (Phi) is 3.83. The molecule has 1 saturated carbocycles. The summed E-state index contributed by atoms with van der Waals surface area (Å²) in [5.74, 6) is 3.48. The number of hydrogen-bond acceptors (Lipinski definition) is 2. The zero-order valence-corrected chi connectivity index (χ0v) is 10.3. The Bertz CT molecular complexity index is 398. The van der Waals surface area contributed by atoms with E-state index in [4.69, 9.17) is 12.2 Å². The lowest BCUT2D eigenvalue weighted by Crippen LogP contribution is -2.34. The number of benzene rings is 1. The van der Waals surface area contributed by atoms with E-state index in [1.807, 2.05) is 6.92 Å². The maximum absolute atomic E-state index is 5.79. The summed E-state index contributed by atoms with van der Waals surface area (Å²) in [6.45, 7) is 2.54. The molecule has 2 heteroatoms. The van der Waals surface area contributed by atoms with E-state index in [1.165, 1.54) is 24.0 Å². The van der Waals surface area contributed by atoms with Crippen LogP contribution in [0.15, 0.2) is 24.3 Å². The monoisotopic (exact) mass is 228 g/mol. The lowest BCUT2D eigenvalue weighted by molar-refractivity contribution is 0.518. The largest absolute Gasteiger partial charge is 0.329 e. The maximum Gasteiger partial charge on any atom is 0.0663 e. The predicted octanol–water partition coefficient (Wildman–Crippen LogP) is 2.18. The molecule has 3 N–H and O–H groups in total. The third-order valence-corrected chi connectivity index (χ3v) is 3.32. The Morgan fingerprint density at radius 1 is 1.41 bits per heavy atom. The van der Waals surface area contributed by atoms with Gasteiger partial charge in [-0.25, -0.2) is 0 Å². The van der Waals surface area contributed by atoms with Crippen LogP contribution in [0.2, 0.25) is 0 Å². The zero-order chi connectivity index (χ0) is 12.3. The summed E-state index contributed by atoms with van der Waals surface area (Å²) in [5, 5.41) is 3.34. The van der Waals surface area contributed by atoms with Gasteiger partial charge in [-0.15, -0.1) is 6.42 Å². The van der Waals surface area contributed by atoms with Gasteiger partial charge in [-0.3, -0.25) is 5.32 Å². The van der Waals surface area contributed by atoms with Gasteiger partial charge in [-0.1, -0.05) is 30.2 Å². The quantitative estimate of drug-likeness (QED) is 0.758.